The Morgan fingerprint density at radius 3 is 2.44 bits per heavy atom. The van der Waals surface area contributed by atoms with Gasteiger partial charge in [0.2, 0.25) is 11.8 Å². The Bertz CT molecular complexity index is 1270. The van der Waals surface area contributed by atoms with Crippen LogP contribution in [0.2, 0.25) is 0 Å². The van der Waals surface area contributed by atoms with E-state index >= 15 is 0 Å². The monoisotopic (exact) mass is 466 g/mol. The molecule has 0 aliphatic carbocycles. The van der Waals surface area contributed by atoms with Crippen LogP contribution in [-0.4, -0.2) is 34.6 Å². The lowest BCUT2D eigenvalue weighted by molar-refractivity contribution is -0.122. The van der Waals surface area contributed by atoms with E-state index in [2.05, 4.69) is 4.98 Å². The van der Waals surface area contributed by atoms with Gasteiger partial charge < -0.3 is 9.72 Å². The van der Waals surface area contributed by atoms with E-state index in [1.54, 1.807) is 31.2 Å². The molecule has 7 nitrogen and oxygen atoms in total. The summed E-state index contributed by atoms with van der Waals surface area (Å²) >= 11 is 2.33. The van der Waals surface area contributed by atoms with Crippen molar-refractivity contribution < 1.29 is 19.1 Å². The fourth-order valence-corrected chi connectivity index (χ4v) is 6.77. The maximum atomic E-state index is 13.6. The lowest BCUT2D eigenvalue weighted by Gasteiger charge is -2.29. The number of anilines is 1. The maximum Gasteiger partial charge on any atom is 0.338 e. The molecule has 1 N–H and O–H groups in total. The second kappa shape index (κ2) is 8.07. The first kappa shape index (κ1) is 20.7. The van der Waals surface area contributed by atoms with Crippen LogP contribution < -0.4 is 9.77 Å². The smallest absolute Gasteiger partial charge is 0.338 e. The summed E-state index contributed by atoms with van der Waals surface area (Å²) in [6, 6.07) is 15.7. The highest BCUT2D eigenvalue weighted by atomic mass is 32.2. The van der Waals surface area contributed by atoms with Crippen LogP contribution in [0.3, 0.4) is 0 Å². The standard InChI is InChI=1S/C23H18N2O5S2/c1-2-30-22(28)13-8-10-14(11-9-13)25-20(26)16-15(12-6-4-3-5-7-12)17-19(24-23(29)32-17)31-18(16)21(25)27/h3-11,15-16,18H,2H2,1H3,(H,24,29)/t15-,16-,18+/m0/s1. The molecule has 0 bridgehead atoms. The van der Waals surface area contributed by atoms with Crippen LogP contribution >= 0.6 is 23.1 Å². The molecule has 32 heavy (non-hydrogen) atoms. The van der Waals surface area contributed by atoms with Crippen LogP contribution in [-0.2, 0) is 14.3 Å². The highest BCUT2D eigenvalue weighted by molar-refractivity contribution is 8.00. The topological polar surface area (TPSA) is 96.5 Å². The number of amides is 2. The number of carbonyl (C=O) groups is 3. The molecule has 3 atom stereocenters. The van der Waals surface area contributed by atoms with Gasteiger partial charge in [-0.05, 0) is 36.8 Å². The minimum atomic E-state index is -0.643. The minimum Gasteiger partial charge on any atom is -0.462 e. The van der Waals surface area contributed by atoms with Crippen LogP contribution in [0, 0.1) is 5.92 Å². The van der Waals surface area contributed by atoms with Crippen LogP contribution in [0.4, 0.5) is 5.69 Å². The lowest BCUT2D eigenvalue weighted by atomic mass is 9.83. The van der Waals surface area contributed by atoms with Crippen molar-refractivity contribution in [3.63, 3.8) is 0 Å². The average molecular weight is 467 g/mol. The third-order valence-electron chi connectivity index (χ3n) is 5.62. The number of imide groups is 1. The second-order valence-electron chi connectivity index (χ2n) is 7.44. The number of esters is 1. The molecule has 2 aromatic carbocycles. The molecule has 1 aromatic heterocycles. The van der Waals surface area contributed by atoms with Crippen molar-refractivity contribution in [2.75, 3.05) is 11.5 Å². The van der Waals surface area contributed by atoms with Crippen molar-refractivity contribution in [1.82, 2.24) is 4.98 Å². The molecule has 1 fully saturated rings. The van der Waals surface area contributed by atoms with E-state index in [-0.39, 0.29) is 29.2 Å². The molecule has 2 aliphatic rings. The summed E-state index contributed by atoms with van der Waals surface area (Å²) in [5.41, 5.74) is 1.65. The molecule has 1 saturated heterocycles. The first-order valence-corrected chi connectivity index (χ1v) is 11.8. The Morgan fingerprint density at radius 1 is 1.03 bits per heavy atom. The highest BCUT2D eigenvalue weighted by Gasteiger charge is 2.56. The molecule has 0 saturated carbocycles. The SMILES string of the molecule is CCOC(=O)c1ccc(N2C(=O)[C@H]3[C@H](c4ccccc4)c4sc(=O)[nH]c4S[C@H]3C2=O)cc1. The predicted octanol–water partition coefficient (Wildman–Crippen LogP) is 3.41. The van der Waals surface area contributed by atoms with Crippen LogP contribution in [0.1, 0.15) is 33.6 Å². The van der Waals surface area contributed by atoms with E-state index in [0.717, 1.165) is 21.8 Å². The summed E-state index contributed by atoms with van der Waals surface area (Å²) in [5, 5.41) is 0.00551. The predicted molar refractivity (Wildman–Crippen MR) is 121 cm³/mol. The molecule has 0 spiro atoms. The molecule has 0 radical (unpaired) electrons. The van der Waals surface area contributed by atoms with E-state index in [9.17, 15) is 19.2 Å². The van der Waals surface area contributed by atoms with Gasteiger partial charge in [-0.2, -0.15) is 0 Å². The molecule has 3 heterocycles. The summed E-state index contributed by atoms with van der Waals surface area (Å²) in [6.45, 7) is 1.99. The zero-order chi connectivity index (χ0) is 22.4. The Balaban J connectivity index is 1.54. The number of hydrogen-bond donors (Lipinski definition) is 1. The van der Waals surface area contributed by atoms with Gasteiger partial charge in [-0.25, -0.2) is 9.69 Å². The molecule has 162 valence electrons. The third kappa shape index (κ3) is 3.28. The number of aromatic nitrogens is 1. The van der Waals surface area contributed by atoms with Gasteiger partial charge in [0.05, 0.1) is 28.8 Å². The van der Waals surface area contributed by atoms with Crippen LogP contribution in [0.25, 0.3) is 0 Å². The number of nitrogens with one attached hydrogen (secondary N) is 1. The summed E-state index contributed by atoms with van der Waals surface area (Å²) in [5.74, 6) is -2.11. The number of rotatable bonds is 4. The number of aromatic amines is 1. The van der Waals surface area contributed by atoms with Crippen molar-refractivity contribution in [1.29, 1.82) is 0 Å². The molecule has 0 unspecified atom stereocenters. The number of thiazole rings is 1. The number of carbonyl (C=O) groups excluding carboxylic acids is 3. The molecule has 2 aliphatic heterocycles. The molecule has 5 rings (SSSR count). The quantitative estimate of drug-likeness (QED) is 0.468. The number of H-pyrrole nitrogens is 1. The first-order chi connectivity index (χ1) is 15.5. The van der Waals surface area contributed by atoms with Crippen molar-refractivity contribution in [3.8, 4) is 0 Å². The average Bonchev–Trinajstić information content (AvgIpc) is 3.29. The van der Waals surface area contributed by atoms with E-state index < -0.39 is 17.1 Å². The molecule has 2 amide bonds. The largest absolute Gasteiger partial charge is 0.462 e. The summed E-state index contributed by atoms with van der Waals surface area (Å²) in [4.78, 5) is 55.6. The van der Waals surface area contributed by atoms with Crippen molar-refractivity contribution in [2.45, 2.75) is 23.1 Å². The van der Waals surface area contributed by atoms with Gasteiger partial charge >= 0.3 is 10.8 Å². The number of nitrogens with zero attached hydrogens (tertiary/aromatic N) is 1. The summed E-state index contributed by atoms with van der Waals surface area (Å²) in [7, 11) is 0. The molecular formula is C23H18N2O5S2. The van der Waals surface area contributed by atoms with E-state index in [1.807, 2.05) is 30.3 Å². The third-order valence-corrected chi connectivity index (χ3v) is 8.02. The normalized spacial score (nSPS) is 21.9. The van der Waals surface area contributed by atoms with Gasteiger partial charge in [0, 0.05) is 10.8 Å². The second-order valence-corrected chi connectivity index (χ2v) is 9.61. The van der Waals surface area contributed by atoms with E-state index in [4.69, 9.17) is 4.74 Å². The van der Waals surface area contributed by atoms with Crippen molar-refractivity contribution in [2.24, 2.45) is 5.92 Å². The lowest BCUT2D eigenvalue weighted by Crippen LogP contribution is -2.32. The van der Waals surface area contributed by atoms with Crippen molar-refractivity contribution >= 4 is 46.6 Å². The van der Waals surface area contributed by atoms with Crippen LogP contribution in [0.5, 0.6) is 0 Å². The van der Waals surface area contributed by atoms with Gasteiger partial charge in [0.25, 0.3) is 0 Å². The zero-order valence-corrected chi connectivity index (χ0v) is 18.6. The van der Waals surface area contributed by atoms with Crippen molar-refractivity contribution in [3.05, 3.63) is 80.3 Å². The number of thioether (sulfide) groups is 1. The minimum absolute atomic E-state index is 0.199. The van der Waals surface area contributed by atoms with Gasteiger partial charge in [0.15, 0.2) is 0 Å². The van der Waals surface area contributed by atoms with Gasteiger partial charge in [0.1, 0.15) is 5.25 Å². The molecule has 3 aromatic rings. The maximum absolute atomic E-state index is 13.6. The molecular weight excluding hydrogens is 448 g/mol. The Hall–Kier alpha value is -3.17. The molecule has 9 heteroatoms. The highest BCUT2D eigenvalue weighted by Crippen LogP contribution is 2.53. The number of ether oxygens (including phenoxy) is 1. The summed E-state index contributed by atoms with van der Waals surface area (Å²) < 4.78 is 4.99. The Labute approximate surface area is 191 Å². The van der Waals surface area contributed by atoms with Crippen LogP contribution in [0.15, 0.2) is 64.4 Å². The number of hydrogen-bond acceptors (Lipinski definition) is 7. The van der Waals surface area contributed by atoms with Gasteiger partial charge in [-0.15, -0.1) is 0 Å². The first-order valence-electron chi connectivity index (χ1n) is 10.1. The number of benzene rings is 2. The Morgan fingerprint density at radius 2 is 1.75 bits per heavy atom. The van der Waals surface area contributed by atoms with E-state index in [1.165, 1.54) is 16.7 Å². The number of fused-ring (bicyclic) bond motifs is 2. The Kier molecular flexibility index (Phi) is 5.22. The fraction of sp³-hybridized carbons (Fsp3) is 0.217. The fourth-order valence-electron chi connectivity index (χ4n) is 4.25. The van der Waals surface area contributed by atoms with E-state index in [0.29, 0.717) is 16.3 Å². The van der Waals surface area contributed by atoms with Gasteiger partial charge in [-0.1, -0.05) is 53.4 Å². The zero-order valence-electron chi connectivity index (χ0n) is 16.9. The van der Waals surface area contributed by atoms with Gasteiger partial charge in [-0.3, -0.25) is 14.4 Å². The summed E-state index contributed by atoms with van der Waals surface area (Å²) in [6.07, 6.45) is 0.